The van der Waals surface area contributed by atoms with Crippen molar-refractivity contribution in [3.05, 3.63) is 23.3 Å². The molecule has 0 amide bonds. The predicted octanol–water partition coefficient (Wildman–Crippen LogP) is 5.55. The van der Waals surface area contributed by atoms with Crippen molar-refractivity contribution >= 4 is 17.9 Å². The molecule has 0 aromatic rings. The van der Waals surface area contributed by atoms with Gasteiger partial charge in [-0.2, -0.15) is 0 Å². The Morgan fingerprint density at radius 3 is 2.43 bits per heavy atom. The third-order valence-electron chi connectivity index (χ3n) is 9.81. The fourth-order valence-electron chi connectivity index (χ4n) is 8.08. The highest BCUT2D eigenvalue weighted by Gasteiger charge is 2.59. The molecule has 35 heavy (non-hydrogen) atoms. The molecule has 0 aliphatic heterocycles. The van der Waals surface area contributed by atoms with E-state index in [1.54, 1.807) is 0 Å². The van der Waals surface area contributed by atoms with Gasteiger partial charge in [0.15, 0.2) is 0 Å². The lowest BCUT2D eigenvalue weighted by atomic mass is 9.47. The van der Waals surface area contributed by atoms with E-state index in [1.165, 1.54) is 32.1 Å². The minimum atomic E-state index is -0.227. The number of ether oxygens (including phenoxy) is 3. The van der Waals surface area contributed by atoms with E-state index in [-0.39, 0.29) is 46.9 Å². The van der Waals surface area contributed by atoms with Crippen LogP contribution in [-0.4, -0.2) is 37.2 Å². The number of hydrogen-bond acceptors (Lipinski definition) is 6. The van der Waals surface area contributed by atoms with Gasteiger partial charge in [-0.05, 0) is 73.5 Å². The maximum atomic E-state index is 12.2. The summed E-state index contributed by atoms with van der Waals surface area (Å²) in [6, 6.07) is 0. The smallest absolute Gasteiger partial charge is 0.305 e. The van der Waals surface area contributed by atoms with Gasteiger partial charge < -0.3 is 14.2 Å². The maximum Gasteiger partial charge on any atom is 0.305 e. The van der Waals surface area contributed by atoms with E-state index in [0.717, 1.165) is 44.9 Å². The predicted molar refractivity (Wildman–Crippen MR) is 132 cm³/mol. The minimum absolute atomic E-state index is 0.000240. The molecule has 0 aromatic heterocycles. The van der Waals surface area contributed by atoms with Gasteiger partial charge in [0.1, 0.15) is 12.2 Å². The van der Waals surface area contributed by atoms with E-state index in [9.17, 15) is 14.4 Å². The average Bonchev–Trinajstić information content (AvgIpc) is 3.14. The van der Waals surface area contributed by atoms with Gasteiger partial charge in [0.05, 0.1) is 7.11 Å². The highest BCUT2D eigenvalue weighted by Crippen LogP contribution is 2.65. The molecule has 0 N–H and O–H groups in total. The standard InChI is InChI=1S/C29H42O6/c1-17(7-10-26(32)33-6)22-8-9-23-27-24(12-14-29(22,23)5)28(4)13-11-21(34-18(2)30)15-20(28)16-25(27)35-19(3)31/h8,12,17,20-21,23,25,27H,7,9-11,13-16H2,1-6H3/t17-,20+,21-,23?,25-,27?,28+,29-/m1/s1. The van der Waals surface area contributed by atoms with Crippen molar-refractivity contribution in [1.82, 2.24) is 0 Å². The lowest BCUT2D eigenvalue weighted by Gasteiger charge is -2.58. The Labute approximate surface area is 209 Å². The molecule has 2 saturated carbocycles. The summed E-state index contributed by atoms with van der Waals surface area (Å²) in [4.78, 5) is 35.5. The van der Waals surface area contributed by atoms with E-state index in [1.807, 2.05) is 0 Å². The molecule has 4 aliphatic carbocycles. The SMILES string of the molecule is COC(=O)CC[C@@H](C)C1=CCC2C3C(=CC[C@]12C)[C@@]1(C)CC[C@@H](OC(C)=O)C[C@H]1C[C@H]3OC(C)=O. The van der Waals surface area contributed by atoms with Crippen molar-refractivity contribution in [3.8, 4) is 0 Å². The molecule has 0 saturated heterocycles. The summed E-state index contributed by atoms with van der Waals surface area (Å²) in [5, 5.41) is 0. The first-order valence-corrected chi connectivity index (χ1v) is 13.3. The molecule has 0 heterocycles. The molecule has 6 heteroatoms. The molecule has 0 radical (unpaired) electrons. The number of carbonyl (C=O) groups excluding carboxylic acids is 3. The van der Waals surface area contributed by atoms with Crippen LogP contribution in [0.25, 0.3) is 0 Å². The van der Waals surface area contributed by atoms with E-state index in [2.05, 4.69) is 32.9 Å². The molecular formula is C29H42O6. The van der Waals surface area contributed by atoms with Gasteiger partial charge in [-0.1, -0.05) is 44.1 Å². The molecule has 0 bridgehead atoms. The Hall–Kier alpha value is -2.11. The Bertz CT molecular complexity index is 933. The summed E-state index contributed by atoms with van der Waals surface area (Å²) < 4.78 is 16.5. The summed E-state index contributed by atoms with van der Waals surface area (Å²) in [5.41, 5.74) is 2.94. The van der Waals surface area contributed by atoms with Gasteiger partial charge in [-0.15, -0.1) is 0 Å². The van der Waals surface area contributed by atoms with Crippen molar-refractivity contribution in [3.63, 3.8) is 0 Å². The van der Waals surface area contributed by atoms with Crippen LogP contribution >= 0.6 is 0 Å². The number of methoxy groups -OCH3 is 1. The Morgan fingerprint density at radius 2 is 1.77 bits per heavy atom. The zero-order chi connectivity index (χ0) is 25.5. The number of rotatable bonds is 6. The molecule has 2 fully saturated rings. The van der Waals surface area contributed by atoms with E-state index in [4.69, 9.17) is 14.2 Å². The lowest BCUT2D eigenvalue weighted by Crippen LogP contribution is -2.54. The molecular weight excluding hydrogens is 444 g/mol. The van der Waals surface area contributed by atoms with Crippen LogP contribution in [0.15, 0.2) is 23.3 Å². The monoisotopic (exact) mass is 486 g/mol. The number of hydrogen-bond donors (Lipinski definition) is 0. The van der Waals surface area contributed by atoms with Crippen molar-refractivity contribution < 1.29 is 28.6 Å². The summed E-state index contributed by atoms with van der Waals surface area (Å²) in [6.07, 6.45) is 11.3. The topological polar surface area (TPSA) is 78.9 Å². The lowest BCUT2D eigenvalue weighted by molar-refractivity contribution is -0.160. The third-order valence-corrected chi connectivity index (χ3v) is 9.81. The van der Waals surface area contributed by atoms with Gasteiger partial charge >= 0.3 is 17.9 Å². The van der Waals surface area contributed by atoms with Crippen LogP contribution in [0.1, 0.15) is 86.0 Å². The van der Waals surface area contributed by atoms with Crippen molar-refractivity contribution in [1.29, 1.82) is 0 Å². The quantitative estimate of drug-likeness (QED) is 0.278. The van der Waals surface area contributed by atoms with Crippen LogP contribution in [0.3, 0.4) is 0 Å². The fourth-order valence-corrected chi connectivity index (χ4v) is 8.08. The van der Waals surface area contributed by atoms with Crippen molar-refractivity contribution in [2.45, 2.75) is 98.2 Å². The van der Waals surface area contributed by atoms with Crippen LogP contribution in [-0.2, 0) is 28.6 Å². The second-order valence-corrected chi connectivity index (χ2v) is 11.8. The fraction of sp³-hybridized carbons (Fsp3) is 0.759. The summed E-state index contributed by atoms with van der Waals surface area (Å²) in [7, 11) is 1.44. The van der Waals surface area contributed by atoms with Gasteiger partial charge in [0, 0.05) is 26.2 Å². The van der Waals surface area contributed by atoms with Crippen LogP contribution in [0.4, 0.5) is 0 Å². The Kier molecular flexibility index (Phi) is 7.23. The van der Waals surface area contributed by atoms with Crippen LogP contribution in [0, 0.1) is 34.5 Å². The van der Waals surface area contributed by atoms with E-state index < -0.39 is 0 Å². The summed E-state index contributed by atoms with van der Waals surface area (Å²) >= 11 is 0. The van der Waals surface area contributed by atoms with Gasteiger partial charge in [-0.25, -0.2) is 0 Å². The number of carbonyl (C=O) groups is 3. The highest BCUT2D eigenvalue weighted by atomic mass is 16.5. The number of esters is 3. The van der Waals surface area contributed by atoms with E-state index in [0.29, 0.717) is 24.2 Å². The van der Waals surface area contributed by atoms with Crippen LogP contribution in [0.2, 0.25) is 0 Å². The zero-order valence-corrected chi connectivity index (χ0v) is 22.2. The third kappa shape index (κ3) is 4.70. The molecule has 4 rings (SSSR count). The van der Waals surface area contributed by atoms with Crippen LogP contribution in [0.5, 0.6) is 0 Å². The first kappa shape index (κ1) is 26.0. The first-order chi connectivity index (χ1) is 16.5. The highest BCUT2D eigenvalue weighted by molar-refractivity contribution is 5.69. The normalized spacial score (nSPS) is 38.6. The van der Waals surface area contributed by atoms with Crippen molar-refractivity contribution in [2.75, 3.05) is 7.11 Å². The largest absolute Gasteiger partial charge is 0.469 e. The Morgan fingerprint density at radius 1 is 1.06 bits per heavy atom. The maximum absolute atomic E-state index is 12.2. The summed E-state index contributed by atoms with van der Waals surface area (Å²) in [5.74, 6) is 0.602. The molecule has 6 nitrogen and oxygen atoms in total. The van der Waals surface area contributed by atoms with Crippen molar-refractivity contribution in [2.24, 2.45) is 34.5 Å². The summed E-state index contributed by atoms with van der Waals surface area (Å²) in [6.45, 7) is 9.97. The van der Waals surface area contributed by atoms with Gasteiger partial charge in [-0.3, -0.25) is 14.4 Å². The minimum Gasteiger partial charge on any atom is -0.469 e. The van der Waals surface area contributed by atoms with Gasteiger partial charge in [0.2, 0.25) is 0 Å². The van der Waals surface area contributed by atoms with Crippen LogP contribution < -0.4 is 0 Å². The molecule has 0 aromatic carbocycles. The molecule has 8 atom stereocenters. The number of fused-ring (bicyclic) bond motifs is 5. The second kappa shape index (κ2) is 9.74. The second-order valence-electron chi connectivity index (χ2n) is 11.8. The Balaban J connectivity index is 1.62. The van der Waals surface area contributed by atoms with E-state index >= 15 is 0 Å². The molecule has 0 spiro atoms. The first-order valence-electron chi connectivity index (χ1n) is 13.3. The molecule has 2 unspecified atom stereocenters. The number of allylic oxidation sites excluding steroid dienone is 3. The zero-order valence-electron chi connectivity index (χ0n) is 22.2. The molecule has 4 aliphatic rings. The average molecular weight is 487 g/mol. The molecule has 194 valence electrons. The van der Waals surface area contributed by atoms with Gasteiger partial charge in [0.25, 0.3) is 0 Å².